The van der Waals surface area contributed by atoms with Gasteiger partial charge in [0.15, 0.2) is 0 Å². The number of methoxy groups -OCH3 is 1. The highest BCUT2D eigenvalue weighted by atomic mass is 19.1. The van der Waals surface area contributed by atoms with E-state index in [1.54, 1.807) is 30.0 Å². The molecule has 3 rings (SSSR count). The van der Waals surface area contributed by atoms with Crippen LogP contribution in [0.5, 0.6) is 5.88 Å². The number of hydrogen-bond donors (Lipinski definition) is 2. The van der Waals surface area contributed by atoms with E-state index in [-0.39, 0.29) is 18.0 Å². The molecule has 0 spiro atoms. The van der Waals surface area contributed by atoms with Crippen LogP contribution in [0.15, 0.2) is 41.5 Å². The number of benzene rings is 1. The van der Waals surface area contributed by atoms with Gasteiger partial charge in [-0.25, -0.2) is 9.37 Å². The van der Waals surface area contributed by atoms with Crippen molar-refractivity contribution in [3.63, 3.8) is 0 Å². The minimum Gasteiger partial charge on any atom is -0.481 e. The zero-order valence-corrected chi connectivity index (χ0v) is 19.6. The van der Waals surface area contributed by atoms with E-state index < -0.39 is 11.7 Å². The SMILES string of the molecule is COc1cc(NC(=O)c2cc(F)ccc2N2CCN(C(=O)CN=C(C)CC(C)=N)CC2)ccn1. The molecule has 0 bridgehead atoms. The molecular weight excluding hydrogens is 439 g/mol. The first-order valence-corrected chi connectivity index (χ1v) is 10.9. The van der Waals surface area contributed by atoms with Gasteiger partial charge < -0.3 is 25.3 Å². The Morgan fingerprint density at radius 1 is 1.18 bits per heavy atom. The first-order valence-electron chi connectivity index (χ1n) is 10.9. The van der Waals surface area contributed by atoms with Crippen molar-refractivity contribution in [2.45, 2.75) is 20.3 Å². The Balaban J connectivity index is 1.66. The predicted molar refractivity (Wildman–Crippen MR) is 130 cm³/mol. The average Bonchev–Trinajstić information content (AvgIpc) is 2.82. The highest BCUT2D eigenvalue weighted by Crippen LogP contribution is 2.25. The molecule has 2 amide bonds. The highest BCUT2D eigenvalue weighted by Gasteiger charge is 2.24. The van der Waals surface area contributed by atoms with Crippen molar-refractivity contribution < 1.29 is 18.7 Å². The number of anilines is 2. The van der Waals surface area contributed by atoms with E-state index >= 15 is 0 Å². The van der Waals surface area contributed by atoms with Crippen molar-refractivity contribution in [1.82, 2.24) is 9.88 Å². The zero-order valence-electron chi connectivity index (χ0n) is 19.6. The Morgan fingerprint density at radius 3 is 2.59 bits per heavy atom. The molecule has 0 atom stereocenters. The molecule has 1 aromatic heterocycles. The fraction of sp³-hybridized carbons (Fsp3) is 0.375. The second-order valence-corrected chi connectivity index (χ2v) is 8.08. The molecule has 1 aliphatic heterocycles. The van der Waals surface area contributed by atoms with E-state index in [0.717, 1.165) is 5.71 Å². The summed E-state index contributed by atoms with van der Waals surface area (Å²) >= 11 is 0. The molecular formula is C24H29FN6O3. The maximum absolute atomic E-state index is 14.0. The Hall–Kier alpha value is -3.82. The fourth-order valence-electron chi connectivity index (χ4n) is 3.70. The van der Waals surface area contributed by atoms with Crippen LogP contribution >= 0.6 is 0 Å². The molecule has 0 aliphatic carbocycles. The average molecular weight is 469 g/mol. The summed E-state index contributed by atoms with van der Waals surface area (Å²) in [7, 11) is 1.48. The Labute approximate surface area is 198 Å². The molecule has 2 N–H and O–H groups in total. The molecule has 1 fully saturated rings. The van der Waals surface area contributed by atoms with Crippen molar-refractivity contribution in [2.24, 2.45) is 4.99 Å². The topological polar surface area (TPSA) is 111 Å². The van der Waals surface area contributed by atoms with Crippen LogP contribution in [0.2, 0.25) is 0 Å². The van der Waals surface area contributed by atoms with Crippen molar-refractivity contribution in [3.8, 4) is 5.88 Å². The molecule has 34 heavy (non-hydrogen) atoms. The number of carbonyl (C=O) groups excluding carboxylic acids is 2. The maximum Gasteiger partial charge on any atom is 0.257 e. The maximum atomic E-state index is 14.0. The summed E-state index contributed by atoms with van der Waals surface area (Å²) < 4.78 is 19.1. The van der Waals surface area contributed by atoms with Crippen LogP contribution in [0.25, 0.3) is 0 Å². The summed E-state index contributed by atoms with van der Waals surface area (Å²) in [6.07, 6.45) is 1.97. The molecule has 10 heteroatoms. The number of nitrogens with one attached hydrogen (secondary N) is 2. The fourth-order valence-corrected chi connectivity index (χ4v) is 3.70. The lowest BCUT2D eigenvalue weighted by molar-refractivity contribution is -0.129. The smallest absolute Gasteiger partial charge is 0.257 e. The van der Waals surface area contributed by atoms with Gasteiger partial charge >= 0.3 is 0 Å². The summed E-state index contributed by atoms with van der Waals surface area (Å²) in [6, 6.07) is 7.32. The Bertz CT molecular complexity index is 1100. The summed E-state index contributed by atoms with van der Waals surface area (Å²) in [5.41, 5.74) is 2.55. The van der Waals surface area contributed by atoms with Crippen molar-refractivity contribution in [2.75, 3.05) is 50.1 Å². The summed E-state index contributed by atoms with van der Waals surface area (Å²) in [6.45, 7) is 5.52. The second-order valence-electron chi connectivity index (χ2n) is 8.08. The molecule has 1 aromatic carbocycles. The van der Waals surface area contributed by atoms with Crippen LogP contribution < -0.4 is 15.0 Å². The van der Waals surface area contributed by atoms with Gasteiger partial charge in [0.25, 0.3) is 5.91 Å². The molecule has 1 aliphatic rings. The number of carbonyl (C=O) groups is 2. The van der Waals surface area contributed by atoms with Gasteiger partial charge in [-0.1, -0.05) is 0 Å². The van der Waals surface area contributed by atoms with Crippen LogP contribution in [0.3, 0.4) is 0 Å². The van der Waals surface area contributed by atoms with Gasteiger partial charge in [0, 0.05) is 67.7 Å². The minimum atomic E-state index is -0.511. The van der Waals surface area contributed by atoms with Gasteiger partial charge in [-0.05, 0) is 38.1 Å². The molecule has 2 heterocycles. The molecule has 0 unspecified atom stereocenters. The van der Waals surface area contributed by atoms with E-state index in [4.69, 9.17) is 10.1 Å². The van der Waals surface area contributed by atoms with E-state index in [1.807, 2.05) is 11.8 Å². The van der Waals surface area contributed by atoms with Gasteiger partial charge in [-0.2, -0.15) is 0 Å². The molecule has 9 nitrogen and oxygen atoms in total. The number of piperazine rings is 1. The second kappa shape index (κ2) is 11.4. The third-order valence-corrected chi connectivity index (χ3v) is 5.38. The predicted octanol–water partition coefficient (Wildman–Crippen LogP) is 3.02. The molecule has 180 valence electrons. The largest absolute Gasteiger partial charge is 0.481 e. The van der Waals surface area contributed by atoms with Crippen LogP contribution in [0.1, 0.15) is 30.6 Å². The quantitative estimate of drug-likeness (QED) is 0.579. The first kappa shape index (κ1) is 24.8. The van der Waals surface area contributed by atoms with Gasteiger partial charge in [0.2, 0.25) is 11.8 Å². The summed E-state index contributed by atoms with van der Waals surface area (Å²) in [5.74, 6) is -0.688. The van der Waals surface area contributed by atoms with E-state index in [1.165, 1.54) is 25.4 Å². The number of hydrogen-bond acceptors (Lipinski definition) is 7. The number of pyridine rings is 1. The van der Waals surface area contributed by atoms with Gasteiger partial charge in [0.05, 0.1) is 12.7 Å². The zero-order chi connectivity index (χ0) is 24.7. The first-order chi connectivity index (χ1) is 16.3. The standard InChI is InChI=1S/C24H29FN6O3/c1-16(26)12-17(2)28-15-23(32)31-10-8-30(9-11-31)21-5-4-18(25)13-20(21)24(33)29-19-6-7-27-22(14-19)34-3/h4-7,13-14,26H,8-12,15H2,1-3H3,(H,27,29,33). The number of ether oxygens (including phenoxy) is 1. The highest BCUT2D eigenvalue weighted by molar-refractivity contribution is 6.08. The number of halogens is 1. The van der Waals surface area contributed by atoms with E-state index in [2.05, 4.69) is 15.3 Å². The lowest BCUT2D eigenvalue weighted by atomic mass is 10.1. The number of nitrogens with zero attached hydrogens (tertiary/aromatic N) is 4. The number of aromatic nitrogens is 1. The lowest BCUT2D eigenvalue weighted by Gasteiger charge is -2.36. The Morgan fingerprint density at radius 2 is 1.91 bits per heavy atom. The lowest BCUT2D eigenvalue weighted by Crippen LogP contribution is -2.49. The minimum absolute atomic E-state index is 0.0543. The normalized spacial score (nSPS) is 14.1. The molecule has 1 saturated heterocycles. The third-order valence-electron chi connectivity index (χ3n) is 5.38. The van der Waals surface area contributed by atoms with Crippen LogP contribution in [-0.4, -0.2) is 73.0 Å². The van der Waals surface area contributed by atoms with Crippen LogP contribution in [-0.2, 0) is 4.79 Å². The third kappa shape index (κ3) is 6.60. The van der Waals surface area contributed by atoms with Gasteiger partial charge in [-0.3, -0.25) is 14.6 Å². The van der Waals surface area contributed by atoms with Crippen LogP contribution in [0, 0.1) is 11.2 Å². The molecule has 2 aromatic rings. The number of aliphatic imine (C=N–C) groups is 1. The van der Waals surface area contributed by atoms with Gasteiger partial charge in [-0.15, -0.1) is 0 Å². The number of rotatable bonds is 8. The Kier molecular flexibility index (Phi) is 8.29. The van der Waals surface area contributed by atoms with Crippen molar-refractivity contribution in [1.29, 1.82) is 5.41 Å². The van der Waals surface area contributed by atoms with E-state index in [9.17, 15) is 14.0 Å². The monoisotopic (exact) mass is 468 g/mol. The van der Waals surface area contributed by atoms with Gasteiger partial charge in [0.1, 0.15) is 12.4 Å². The molecule has 0 radical (unpaired) electrons. The summed E-state index contributed by atoms with van der Waals surface area (Å²) in [5, 5.41) is 10.3. The number of amides is 2. The molecule has 0 saturated carbocycles. The van der Waals surface area contributed by atoms with Crippen molar-refractivity contribution >= 4 is 34.6 Å². The van der Waals surface area contributed by atoms with E-state index in [0.29, 0.717) is 55.6 Å². The summed E-state index contributed by atoms with van der Waals surface area (Å²) in [4.78, 5) is 37.5. The van der Waals surface area contributed by atoms with Crippen LogP contribution in [0.4, 0.5) is 15.8 Å². The van der Waals surface area contributed by atoms with Crippen molar-refractivity contribution in [3.05, 3.63) is 47.9 Å².